The standard InChI is InChI=1S/C16H14ClF2NO2/c1-9-7-10(2)14(13(17)8-9)20-15(21)11-3-5-12(6-4-11)22-16(18)19/h3-8,16H,1-2H3,(H,20,21). The Hall–Kier alpha value is -2.14. The highest BCUT2D eigenvalue weighted by Crippen LogP contribution is 2.28. The van der Waals surface area contributed by atoms with Crippen molar-refractivity contribution in [1.29, 1.82) is 0 Å². The number of ether oxygens (including phenoxy) is 1. The monoisotopic (exact) mass is 325 g/mol. The molecular weight excluding hydrogens is 312 g/mol. The predicted molar refractivity (Wildman–Crippen MR) is 82.0 cm³/mol. The summed E-state index contributed by atoms with van der Waals surface area (Å²) in [6.45, 7) is 0.856. The number of carbonyl (C=O) groups is 1. The van der Waals surface area contributed by atoms with Crippen LogP contribution in [0.3, 0.4) is 0 Å². The minimum absolute atomic E-state index is 0.00361. The molecule has 1 N–H and O–H groups in total. The van der Waals surface area contributed by atoms with Crippen LogP contribution in [0.2, 0.25) is 5.02 Å². The highest BCUT2D eigenvalue weighted by molar-refractivity contribution is 6.34. The first-order valence-corrected chi connectivity index (χ1v) is 6.87. The van der Waals surface area contributed by atoms with Crippen molar-refractivity contribution in [2.75, 3.05) is 5.32 Å². The van der Waals surface area contributed by atoms with E-state index in [0.717, 1.165) is 11.1 Å². The van der Waals surface area contributed by atoms with Crippen LogP contribution < -0.4 is 10.1 Å². The first kappa shape index (κ1) is 16.2. The average Bonchev–Trinajstić information content (AvgIpc) is 2.42. The normalized spacial score (nSPS) is 10.6. The minimum Gasteiger partial charge on any atom is -0.435 e. The molecule has 0 aromatic heterocycles. The van der Waals surface area contributed by atoms with Crippen molar-refractivity contribution in [1.82, 2.24) is 0 Å². The van der Waals surface area contributed by atoms with Gasteiger partial charge in [0.1, 0.15) is 5.75 Å². The van der Waals surface area contributed by atoms with Gasteiger partial charge in [0, 0.05) is 5.56 Å². The minimum atomic E-state index is -2.89. The maximum absolute atomic E-state index is 12.2. The number of anilines is 1. The van der Waals surface area contributed by atoms with E-state index < -0.39 is 6.61 Å². The molecule has 0 aliphatic rings. The Kier molecular flexibility index (Phi) is 4.98. The summed E-state index contributed by atoms with van der Waals surface area (Å²) in [5.41, 5.74) is 2.69. The van der Waals surface area contributed by atoms with Crippen LogP contribution in [-0.2, 0) is 0 Å². The number of alkyl halides is 2. The van der Waals surface area contributed by atoms with Crippen LogP contribution in [0.15, 0.2) is 36.4 Å². The Morgan fingerprint density at radius 3 is 2.36 bits per heavy atom. The van der Waals surface area contributed by atoms with Crippen molar-refractivity contribution >= 4 is 23.2 Å². The van der Waals surface area contributed by atoms with Crippen LogP contribution >= 0.6 is 11.6 Å². The molecule has 0 aliphatic heterocycles. The SMILES string of the molecule is Cc1cc(C)c(NC(=O)c2ccc(OC(F)F)cc2)c(Cl)c1. The highest BCUT2D eigenvalue weighted by atomic mass is 35.5. The fraction of sp³-hybridized carbons (Fsp3) is 0.188. The van der Waals surface area contributed by atoms with Crippen LogP contribution in [0.1, 0.15) is 21.5 Å². The predicted octanol–water partition coefficient (Wildman–Crippen LogP) is 4.81. The molecule has 0 heterocycles. The molecule has 0 bridgehead atoms. The number of aryl methyl sites for hydroxylation is 2. The fourth-order valence-electron chi connectivity index (χ4n) is 2.05. The van der Waals surface area contributed by atoms with Crippen LogP contribution in [0.5, 0.6) is 5.75 Å². The van der Waals surface area contributed by atoms with Crippen molar-refractivity contribution in [3.63, 3.8) is 0 Å². The molecule has 0 spiro atoms. The summed E-state index contributed by atoms with van der Waals surface area (Å²) in [7, 11) is 0. The quantitative estimate of drug-likeness (QED) is 0.876. The second kappa shape index (κ2) is 6.75. The average molecular weight is 326 g/mol. The van der Waals surface area contributed by atoms with Crippen molar-refractivity contribution < 1.29 is 18.3 Å². The molecule has 22 heavy (non-hydrogen) atoms. The number of hydrogen-bond acceptors (Lipinski definition) is 2. The first-order valence-electron chi connectivity index (χ1n) is 6.50. The zero-order chi connectivity index (χ0) is 16.3. The van der Waals surface area contributed by atoms with Crippen LogP contribution in [0.4, 0.5) is 14.5 Å². The van der Waals surface area contributed by atoms with E-state index in [1.807, 2.05) is 19.9 Å². The van der Waals surface area contributed by atoms with Gasteiger partial charge in [-0.1, -0.05) is 17.7 Å². The topological polar surface area (TPSA) is 38.3 Å². The smallest absolute Gasteiger partial charge is 0.387 e. The van der Waals surface area contributed by atoms with Crippen molar-refractivity contribution in [3.05, 3.63) is 58.1 Å². The van der Waals surface area contributed by atoms with Crippen LogP contribution in [-0.4, -0.2) is 12.5 Å². The summed E-state index contributed by atoms with van der Waals surface area (Å²) in [6.07, 6.45) is 0. The zero-order valence-corrected chi connectivity index (χ0v) is 12.7. The molecule has 0 saturated carbocycles. The maximum atomic E-state index is 12.2. The van der Waals surface area contributed by atoms with Crippen molar-refractivity contribution in [2.45, 2.75) is 20.5 Å². The largest absolute Gasteiger partial charge is 0.435 e. The van der Waals surface area contributed by atoms with Gasteiger partial charge in [0.2, 0.25) is 0 Å². The number of benzene rings is 2. The molecule has 1 amide bonds. The van der Waals surface area contributed by atoms with Gasteiger partial charge < -0.3 is 10.1 Å². The lowest BCUT2D eigenvalue weighted by Gasteiger charge is -2.12. The lowest BCUT2D eigenvalue weighted by atomic mass is 10.1. The Balaban J connectivity index is 2.16. The summed E-state index contributed by atoms with van der Waals surface area (Å²) < 4.78 is 28.4. The number of hydrogen-bond donors (Lipinski definition) is 1. The molecule has 0 unspecified atom stereocenters. The second-order valence-electron chi connectivity index (χ2n) is 4.80. The Bertz CT molecular complexity index is 664. The molecule has 6 heteroatoms. The Morgan fingerprint density at radius 2 is 1.82 bits per heavy atom. The lowest BCUT2D eigenvalue weighted by molar-refractivity contribution is -0.0498. The number of amides is 1. The maximum Gasteiger partial charge on any atom is 0.387 e. The number of nitrogens with one attached hydrogen (secondary N) is 1. The first-order chi connectivity index (χ1) is 10.4. The number of carbonyl (C=O) groups excluding carboxylic acids is 1. The highest BCUT2D eigenvalue weighted by Gasteiger charge is 2.12. The number of rotatable bonds is 4. The van der Waals surface area contributed by atoms with E-state index in [1.54, 1.807) is 6.07 Å². The molecule has 2 aromatic rings. The second-order valence-corrected chi connectivity index (χ2v) is 5.20. The van der Waals surface area contributed by atoms with Gasteiger partial charge in [0.05, 0.1) is 10.7 Å². The Morgan fingerprint density at radius 1 is 1.18 bits per heavy atom. The number of halogens is 3. The molecule has 2 aromatic carbocycles. The molecular formula is C16H14ClF2NO2. The van der Waals surface area contributed by atoms with Gasteiger partial charge in [-0.15, -0.1) is 0 Å². The van der Waals surface area contributed by atoms with Gasteiger partial charge in [-0.05, 0) is 55.3 Å². The van der Waals surface area contributed by atoms with E-state index >= 15 is 0 Å². The summed E-state index contributed by atoms with van der Waals surface area (Å²) in [6, 6.07) is 9.09. The lowest BCUT2D eigenvalue weighted by Crippen LogP contribution is -2.13. The molecule has 0 saturated heterocycles. The summed E-state index contributed by atoms with van der Waals surface area (Å²) in [4.78, 5) is 12.2. The summed E-state index contributed by atoms with van der Waals surface area (Å²) >= 11 is 6.13. The van der Waals surface area contributed by atoms with E-state index in [4.69, 9.17) is 11.6 Å². The third kappa shape index (κ3) is 3.95. The van der Waals surface area contributed by atoms with Gasteiger partial charge in [-0.2, -0.15) is 8.78 Å². The van der Waals surface area contributed by atoms with Gasteiger partial charge in [-0.3, -0.25) is 4.79 Å². The van der Waals surface area contributed by atoms with Gasteiger partial charge in [-0.25, -0.2) is 0 Å². The van der Waals surface area contributed by atoms with E-state index in [9.17, 15) is 13.6 Å². The molecule has 3 nitrogen and oxygen atoms in total. The van der Waals surface area contributed by atoms with Crippen molar-refractivity contribution in [3.8, 4) is 5.75 Å². The van der Waals surface area contributed by atoms with E-state index in [0.29, 0.717) is 16.3 Å². The summed E-state index contributed by atoms with van der Waals surface area (Å²) in [5.74, 6) is -0.381. The summed E-state index contributed by atoms with van der Waals surface area (Å²) in [5, 5.41) is 3.17. The van der Waals surface area contributed by atoms with Crippen LogP contribution in [0.25, 0.3) is 0 Å². The van der Waals surface area contributed by atoms with Crippen molar-refractivity contribution in [2.24, 2.45) is 0 Å². The third-order valence-corrected chi connectivity index (χ3v) is 3.31. The van der Waals surface area contributed by atoms with Gasteiger partial charge in [0.25, 0.3) is 5.91 Å². The van der Waals surface area contributed by atoms with Gasteiger partial charge in [0.15, 0.2) is 0 Å². The van der Waals surface area contributed by atoms with E-state index in [-0.39, 0.29) is 11.7 Å². The van der Waals surface area contributed by atoms with E-state index in [2.05, 4.69) is 10.1 Å². The molecule has 0 aliphatic carbocycles. The molecule has 0 atom stereocenters. The molecule has 0 fully saturated rings. The van der Waals surface area contributed by atoms with Gasteiger partial charge >= 0.3 is 6.61 Å². The zero-order valence-electron chi connectivity index (χ0n) is 12.0. The van der Waals surface area contributed by atoms with Crippen LogP contribution in [0, 0.1) is 13.8 Å². The molecule has 2 rings (SSSR count). The molecule has 0 radical (unpaired) electrons. The van der Waals surface area contributed by atoms with E-state index in [1.165, 1.54) is 24.3 Å². The molecule has 116 valence electrons. The fourth-order valence-corrected chi connectivity index (χ4v) is 2.42. The Labute approximate surface area is 131 Å². The third-order valence-electron chi connectivity index (χ3n) is 3.01.